The van der Waals surface area contributed by atoms with Crippen LogP contribution in [-0.4, -0.2) is 17.3 Å². The number of benzene rings is 1. The summed E-state index contributed by atoms with van der Waals surface area (Å²) in [6.07, 6.45) is 1.46. The zero-order valence-corrected chi connectivity index (χ0v) is 6.93. The highest BCUT2D eigenvalue weighted by Gasteiger charge is 2.08. The van der Waals surface area contributed by atoms with Crippen LogP contribution in [0.3, 0.4) is 0 Å². The normalized spacial score (nSPS) is 9.23. The van der Waals surface area contributed by atoms with Crippen molar-refractivity contribution in [1.29, 1.82) is 0 Å². The number of primary amides is 1. The van der Waals surface area contributed by atoms with Gasteiger partial charge in [0.1, 0.15) is 0 Å². The smallest absolute Gasteiger partial charge is 0.322 e. The molecule has 3 amide bonds. The summed E-state index contributed by atoms with van der Waals surface area (Å²) in [5.41, 5.74) is 5.76. The summed E-state index contributed by atoms with van der Waals surface area (Å²) in [5.74, 6) is 0. The number of carbonyl (C=O) groups excluding carboxylic acids is 2. The van der Waals surface area contributed by atoms with Crippen LogP contribution in [0, 0.1) is 0 Å². The van der Waals surface area contributed by atoms with Gasteiger partial charge in [0.15, 0.2) is 0 Å². The molecule has 0 fully saturated rings. The SMILES string of the molecule is NC(=O)N([C]=O)Cc1ccccc1. The van der Waals surface area contributed by atoms with E-state index in [2.05, 4.69) is 0 Å². The lowest BCUT2D eigenvalue weighted by Gasteiger charge is -2.10. The van der Waals surface area contributed by atoms with E-state index in [9.17, 15) is 9.59 Å². The van der Waals surface area contributed by atoms with Crippen molar-refractivity contribution < 1.29 is 9.59 Å². The molecule has 0 aromatic heterocycles. The van der Waals surface area contributed by atoms with Crippen molar-refractivity contribution in [1.82, 2.24) is 4.90 Å². The zero-order valence-electron chi connectivity index (χ0n) is 6.93. The molecule has 0 spiro atoms. The Morgan fingerprint density at radius 2 is 2.00 bits per heavy atom. The number of carbonyl (C=O) groups is 1. The third-order valence-corrected chi connectivity index (χ3v) is 1.56. The van der Waals surface area contributed by atoms with Crippen LogP contribution in [-0.2, 0) is 11.3 Å². The number of hydrogen-bond donors (Lipinski definition) is 1. The van der Waals surface area contributed by atoms with Gasteiger partial charge in [-0.05, 0) is 5.56 Å². The number of hydrogen-bond acceptors (Lipinski definition) is 2. The molecular weight excluding hydrogens is 168 g/mol. The second kappa shape index (κ2) is 4.25. The molecule has 0 aliphatic carbocycles. The fourth-order valence-electron chi connectivity index (χ4n) is 0.921. The van der Waals surface area contributed by atoms with Crippen LogP contribution in [0.25, 0.3) is 0 Å². The second-order valence-corrected chi connectivity index (χ2v) is 2.50. The first kappa shape index (κ1) is 9.25. The quantitative estimate of drug-likeness (QED) is 0.688. The third kappa shape index (κ3) is 2.59. The van der Waals surface area contributed by atoms with Gasteiger partial charge in [-0.25, -0.2) is 4.79 Å². The van der Waals surface area contributed by atoms with Gasteiger partial charge in [-0.3, -0.25) is 9.69 Å². The summed E-state index contributed by atoms with van der Waals surface area (Å²) in [6, 6.07) is 8.29. The number of nitrogens with two attached hydrogens (primary N) is 1. The number of amides is 3. The maximum absolute atomic E-state index is 10.6. The second-order valence-electron chi connectivity index (χ2n) is 2.50. The first-order chi connectivity index (χ1) is 6.24. The van der Waals surface area contributed by atoms with E-state index in [-0.39, 0.29) is 6.54 Å². The predicted octanol–water partition coefficient (Wildman–Crippen LogP) is 0.635. The number of nitrogens with zero attached hydrogens (tertiary/aromatic N) is 1. The molecule has 0 atom stereocenters. The molecule has 0 bridgehead atoms. The Kier molecular flexibility index (Phi) is 3.03. The molecule has 1 radical (unpaired) electrons. The lowest BCUT2D eigenvalue weighted by molar-refractivity contribution is 0.227. The van der Waals surface area contributed by atoms with Gasteiger partial charge in [0, 0.05) is 0 Å². The van der Waals surface area contributed by atoms with Crippen molar-refractivity contribution in [2.75, 3.05) is 0 Å². The average Bonchev–Trinajstić information content (AvgIpc) is 2.15. The Morgan fingerprint density at radius 1 is 1.38 bits per heavy atom. The molecule has 0 aliphatic heterocycles. The van der Waals surface area contributed by atoms with Crippen molar-refractivity contribution in [3.63, 3.8) is 0 Å². The van der Waals surface area contributed by atoms with Gasteiger partial charge in [0.25, 0.3) is 0 Å². The largest absolute Gasteiger partial charge is 0.351 e. The van der Waals surface area contributed by atoms with Gasteiger partial charge in [-0.1, -0.05) is 30.3 Å². The Balaban J connectivity index is 2.67. The van der Waals surface area contributed by atoms with E-state index in [1.54, 1.807) is 12.1 Å². The fourth-order valence-corrected chi connectivity index (χ4v) is 0.921. The predicted molar refractivity (Wildman–Crippen MR) is 47.3 cm³/mol. The Hall–Kier alpha value is -1.84. The van der Waals surface area contributed by atoms with E-state index in [1.165, 1.54) is 6.41 Å². The summed E-state index contributed by atoms with van der Waals surface area (Å²) >= 11 is 0. The van der Waals surface area contributed by atoms with Crippen LogP contribution in [0.15, 0.2) is 30.3 Å². The van der Waals surface area contributed by atoms with Gasteiger partial charge in [-0.2, -0.15) is 0 Å². The minimum atomic E-state index is -0.793. The van der Waals surface area contributed by atoms with E-state index >= 15 is 0 Å². The molecule has 67 valence electrons. The van der Waals surface area contributed by atoms with Crippen molar-refractivity contribution in [3.8, 4) is 0 Å². The molecule has 2 N–H and O–H groups in total. The number of urea groups is 1. The summed E-state index contributed by atoms with van der Waals surface area (Å²) in [4.78, 5) is 21.7. The Labute approximate surface area is 75.9 Å². The molecule has 1 aromatic carbocycles. The molecule has 1 rings (SSSR count). The maximum atomic E-state index is 10.6. The first-order valence-corrected chi connectivity index (χ1v) is 3.72. The minimum absolute atomic E-state index is 0.166. The molecule has 4 heteroatoms. The fraction of sp³-hybridized carbons (Fsp3) is 0.111. The van der Waals surface area contributed by atoms with E-state index in [4.69, 9.17) is 5.73 Å². The van der Waals surface area contributed by atoms with Gasteiger partial charge in [0.05, 0.1) is 6.54 Å². The van der Waals surface area contributed by atoms with Gasteiger partial charge < -0.3 is 5.73 Å². The van der Waals surface area contributed by atoms with Crippen LogP contribution < -0.4 is 5.73 Å². The molecule has 0 aliphatic rings. The van der Waals surface area contributed by atoms with Crippen molar-refractivity contribution in [2.45, 2.75) is 6.54 Å². The summed E-state index contributed by atoms with van der Waals surface area (Å²) < 4.78 is 0. The number of rotatable bonds is 3. The molecule has 0 saturated carbocycles. The highest BCUT2D eigenvalue weighted by atomic mass is 16.2. The molecule has 0 heterocycles. The van der Waals surface area contributed by atoms with Crippen molar-refractivity contribution in [2.24, 2.45) is 5.73 Å². The molecule has 13 heavy (non-hydrogen) atoms. The van der Waals surface area contributed by atoms with Crippen LogP contribution in [0.5, 0.6) is 0 Å². The zero-order chi connectivity index (χ0) is 9.68. The van der Waals surface area contributed by atoms with Gasteiger partial charge in [-0.15, -0.1) is 0 Å². The summed E-state index contributed by atoms with van der Waals surface area (Å²) in [7, 11) is 0. The molecule has 4 nitrogen and oxygen atoms in total. The molecule has 0 unspecified atom stereocenters. The number of imide groups is 1. The van der Waals surface area contributed by atoms with Crippen LogP contribution >= 0.6 is 0 Å². The lowest BCUT2D eigenvalue weighted by atomic mass is 10.2. The van der Waals surface area contributed by atoms with E-state index in [0.29, 0.717) is 0 Å². The monoisotopic (exact) mass is 177 g/mol. The summed E-state index contributed by atoms with van der Waals surface area (Å²) in [5, 5.41) is 0. The van der Waals surface area contributed by atoms with Crippen molar-refractivity contribution >= 4 is 12.4 Å². The van der Waals surface area contributed by atoms with Crippen LogP contribution in [0.1, 0.15) is 5.56 Å². The maximum Gasteiger partial charge on any atom is 0.322 e. The Morgan fingerprint density at radius 3 is 2.46 bits per heavy atom. The lowest BCUT2D eigenvalue weighted by Crippen LogP contribution is -2.33. The molecular formula is C9H9N2O2. The molecule has 1 aromatic rings. The Bertz CT molecular complexity index is 298. The third-order valence-electron chi connectivity index (χ3n) is 1.56. The highest BCUT2D eigenvalue weighted by molar-refractivity contribution is 5.83. The minimum Gasteiger partial charge on any atom is -0.351 e. The summed E-state index contributed by atoms with van der Waals surface area (Å²) in [6.45, 7) is 0.166. The standard InChI is InChI=1S/C9H9N2O2/c10-9(13)11(7-12)6-8-4-2-1-3-5-8/h1-5H,6H2,(H2,10,13). The topological polar surface area (TPSA) is 63.4 Å². The molecule has 0 saturated heterocycles. The van der Waals surface area contributed by atoms with Crippen LogP contribution in [0.4, 0.5) is 4.79 Å². The van der Waals surface area contributed by atoms with E-state index in [0.717, 1.165) is 10.5 Å². The van der Waals surface area contributed by atoms with Crippen LogP contribution in [0.2, 0.25) is 0 Å². The first-order valence-electron chi connectivity index (χ1n) is 3.72. The van der Waals surface area contributed by atoms with Gasteiger partial charge >= 0.3 is 12.4 Å². The van der Waals surface area contributed by atoms with E-state index < -0.39 is 6.03 Å². The van der Waals surface area contributed by atoms with E-state index in [1.807, 2.05) is 18.2 Å². The van der Waals surface area contributed by atoms with Gasteiger partial charge in [0.2, 0.25) is 0 Å². The average molecular weight is 177 g/mol. The highest BCUT2D eigenvalue weighted by Crippen LogP contribution is 2.01. The van der Waals surface area contributed by atoms with Crippen molar-refractivity contribution in [3.05, 3.63) is 35.9 Å².